The highest BCUT2D eigenvalue weighted by Crippen LogP contribution is 2.30. The second kappa shape index (κ2) is 7.09. The minimum absolute atomic E-state index is 0.247. The molecule has 1 aromatic rings. The maximum Gasteiger partial charge on any atom is 0.321 e. The molecule has 6 nitrogen and oxygen atoms in total. The topological polar surface area (TPSA) is 72.5 Å². The van der Waals surface area contributed by atoms with Gasteiger partial charge in [-0.1, -0.05) is 25.2 Å². The van der Waals surface area contributed by atoms with Crippen molar-refractivity contribution >= 4 is 22.5 Å². The van der Waals surface area contributed by atoms with E-state index in [2.05, 4.69) is 29.5 Å². The molecule has 0 bridgehead atoms. The highest BCUT2D eigenvalue weighted by atomic mass is 32.1. The number of rotatable bonds is 5. The number of urea groups is 1. The molecule has 1 aliphatic heterocycles. The van der Waals surface area contributed by atoms with E-state index >= 15 is 0 Å². The lowest BCUT2D eigenvalue weighted by Crippen LogP contribution is -2.35. The number of hydrogen-bond acceptors (Lipinski definition) is 5. The normalized spacial score (nSPS) is 20.8. The van der Waals surface area contributed by atoms with Crippen LogP contribution < -0.4 is 15.4 Å². The zero-order valence-electron chi connectivity index (χ0n) is 12.8. The minimum Gasteiger partial charge on any atom is -0.486 e. The maximum atomic E-state index is 11.7. The van der Waals surface area contributed by atoms with E-state index < -0.39 is 0 Å². The van der Waals surface area contributed by atoms with Gasteiger partial charge in [-0.15, -0.1) is 0 Å². The Morgan fingerprint density at radius 3 is 3.05 bits per heavy atom. The molecule has 2 rings (SSSR count). The lowest BCUT2D eigenvalue weighted by Gasteiger charge is -2.34. The number of hydrogen-bond donors (Lipinski definition) is 2. The molecule has 1 aliphatic rings. The Hall–Kier alpha value is -1.34. The van der Waals surface area contributed by atoms with Crippen LogP contribution in [0.15, 0.2) is 6.20 Å². The molecule has 1 unspecified atom stereocenters. The smallest absolute Gasteiger partial charge is 0.321 e. The molecular weight excluding hydrogens is 290 g/mol. The van der Waals surface area contributed by atoms with Crippen LogP contribution in [0.2, 0.25) is 0 Å². The van der Waals surface area contributed by atoms with Gasteiger partial charge in [-0.2, -0.15) is 0 Å². The highest BCUT2D eigenvalue weighted by Gasteiger charge is 2.27. The Labute approximate surface area is 129 Å². The Morgan fingerprint density at radius 1 is 1.62 bits per heavy atom. The van der Waals surface area contributed by atoms with E-state index in [0.717, 1.165) is 19.4 Å². The summed E-state index contributed by atoms with van der Waals surface area (Å²) in [5.74, 6) is 0. The van der Waals surface area contributed by atoms with Crippen molar-refractivity contribution < 1.29 is 14.3 Å². The molecule has 0 aliphatic carbocycles. The zero-order chi connectivity index (χ0) is 15.3. The summed E-state index contributed by atoms with van der Waals surface area (Å²) in [5.41, 5.74) is 0.283. The van der Waals surface area contributed by atoms with Gasteiger partial charge in [-0.25, -0.2) is 9.78 Å². The summed E-state index contributed by atoms with van der Waals surface area (Å²) in [6, 6.07) is -0.247. The third-order valence-corrected chi connectivity index (χ3v) is 4.38. The van der Waals surface area contributed by atoms with Crippen molar-refractivity contribution in [3.63, 3.8) is 0 Å². The van der Waals surface area contributed by atoms with E-state index in [1.807, 2.05) is 0 Å². The molecule has 1 fully saturated rings. The number of carbonyl (C=O) groups excluding carboxylic acids is 1. The predicted octanol–water partition coefficient (Wildman–Crippen LogP) is 2.87. The standard InChI is InChI=1S/C14H23N3O3S/c1-14(2)6-4-10(20-9-14)5-7-15-12(18)17-13-16-8-11(19-3)21-13/h8,10H,4-7,9H2,1-3H3,(H2,15,16,17,18). The zero-order valence-corrected chi connectivity index (χ0v) is 13.6. The van der Waals surface area contributed by atoms with Crippen LogP contribution in [0.5, 0.6) is 5.06 Å². The van der Waals surface area contributed by atoms with Gasteiger partial charge in [0, 0.05) is 6.54 Å². The molecule has 0 aromatic carbocycles. The molecule has 118 valence electrons. The first-order valence-corrected chi connectivity index (χ1v) is 7.96. The SMILES string of the molecule is COc1cnc(NC(=O)NCCC2CCC(C)(C)CO2)s1. The third kappa shape index (κ3) is 5.17. The van der Waals surface area contributed by atoms with Crippen LogP contribution in [0, 0.1) is 5.41 Å². The lowest BCUT2D eigenvalue weighted by molar-refractivity contribution is -0.0505. The van der Waals surface area contributed by atoms with Gasteiger partial charge < -0.3 is 14.8 Å². The summed E-state index contributed by atoms with van der Waals surface area (Å²) >= 11 is 1.29. The van der Waals surface area contributed by atoms with Gasteiger partial charge in [0.1, 0.15) is 0 Å². The molecule has 0 radical (unpaired) electrons. The van der Waals surface area contributed by atoms with Crippen molar-refractivity contribution in [2.45, 2.75) is 39.2 Å². The molecular formula is C14H23N3O3S. The lowest BCUT2D eigenvalue weighted by atomic mass is 9.85. The molecule has 0 saturated carbocycles. The minimum atomic E-state index is -0.247. The Kier molecular flexibility index (Phi) is 5.41. The van der Waals surface area contributed by atoms with Gasteiger partial charge in [0.25, 0.3) is 0 Å². The van der Waals surface area contributed by atoms with Crippen LogP contribution in [0.4, 0.5) is 9.93 Å². The van der Waals surface area contributed by atoms with Crippen molar-refractivity contribution in [1.29, 1.82) is 0 Å². The molecule has 2 N–H and O–H groups in total. The molecule has 21 heavy (non-hydrogen) atoms. The highest BCUT2D eigenvalue weighted by molar-refractivity contribution is 7.17. The van der Waals surface area contributed by atoms with Crippen LogP contribution in [0.3, 0.4) is 0 Å². The van der Waals surface area contributed by atoms with Gasteiger partial charge >= 0.3 is 6.03 Å². The fraction of sp³-hybridized carbons (Fsp3) is 0.714. The number of ether oxygens (including phenoxy) is 2. The fourth-order valence-electron chi connectivity index (χ4n) is 2.18. The Bertz CT molecular complexity index is 466. The quantitative estimate of drug-likeness (QED) is 0.877. The number of carbonyl (C=O) groups is 1. The first-order chi connectivity index (χ1) is 9.98. The average molecular weight is 313 g/mol. The monoisotopic (exact) mass is 313 g/mol. The number of amides is 2. The number of nitrogens with zero attached hydrogens (tertiary/aromatic N) is 1. The maximum absolute atomic E-state index is 11.7. The summed E-state index contributed by atoms with van der Waals surface area (Å²) in [7, 11) is 1.57. The van der Waals surface area contributed by atoms with Crippen LogP contribution >= 0.6 is 11.3 Å². The van der Waals surface area contributed by atoms with E-state index in [9.17, 15) is 4.79 Å². The van der Waals surface area contributed by atoms with Crippen molar-refractivity contribution in [3.8, 4) is 5.06 Å². The molecule has 1 atom stereocenters. The van der Waals surface area contributed by atoms with E-state index in [4.69, 9.17) is 9.47 Å². The van der Waals surface area contributed by atoms with Gasteiger partial charge in [0.2, 0.25) is 0 Å². The number of nitrogens with one attached hydrogen (secondary N) is 2. The van der Waals surface area contributed by atoms with Crippen LogP contribution in [0.25, 0.3) is 0 Å². The van der Waals surface area contributed by atoms with Crippen molar-refractivity contribution in [3.05, 3.63) is 6.20 Å². The van der Waals surface area contributed by atoms with E-state index in [-0.39, 0.29) is 17.6 Å². The van der Waals surface area contributed by atoms with Crippen LogP contribution in [0.1, 0.15) is 33.1 Å². The summed E-state index contributed by atoms with van der Waals surface area (Å²) < 4.78 is 10.8. The first-order valence-electron chi connectivity index (χ1n) is 7.15. The number of anilines is 1. The number of thiazole rings is 1. The van der Waals surface area contributed by atoms with Gasteiger partial charge in [0.05, 0.1) is 26.0 Å². The summed E-state index contributed by atoms with van der Waals surface area (Å²) in [5, 5.41) is 6.70. The van der Waals surface area contributed by atoms with E-state index in [0.29, 0.717) is 16.7 Å². The number of aromatic nitrogens is 1. The van der Waals surface area contributed by atoms with Crippen LogP contribution in [-0.4, -0.2) is 37.4 Å². The van der Waals surface area contributed by atoms with E-state index in [1.54, 1.807) is 13.3 Å². The molecule has 1 saturated heterocycles. The second-order valence-corrected chi connectivity index (χ2v) is 6.99. The molecule has 0 spiro atoms. The molecule has 1 aromatic heterocycles. The Balaban J connectivity index is 1.63. The molecule has 2 heterocycles. The third-order valence-electron chi connectivity index (χ3n) is 3.51. The van der Waals surface area contributed by atoms with Gasteiger partial charge in [-0.3, -0.25) is 5.32 Å². The number of methoxy groups -OCH3 is 1. The summed E-state index contributed by atoms with van der Waals surface area (Å²) in [6.45, 7) is 5.83. The largest absolute Gasteiger partial charge is 0.486 e. The molecule has 7 heteroatoms. The van der Waals surface area contributed by atoms with Crippen molar-refractivity contribution in [2.24, 2.45) is 5.41 Å². The van der Waals surface area contributed by atoms with Crippen molar-refractivity contribution in [2.75, 3.05) is 25.6 Å². The summed E-state index contributed by atoms with van der Waals surface area (Å²) in [4.78, 5) is 15.8. The Morgan fingerprint density at radius 2 is 2.43 bits per heavy atom. The van der Waals surface area contributed by atoms with Crippen molar-refractivity contribution in [1.82, 2.24) is 10.3 Å². The second-order valence-electron chi connectivity index (χ2n) is 5.99. The van der Waals surface area contributed by atoms with E-state index in [1.165, 1.54) is 17.8 Å². The molecule has 2 amide bonds. The van der Waals surface area contributed by atoms with Gasteiger partial charge in [-0.05, 0) is 24.7 Å². The average Bonchev–Trinajstić information content (AvgIpc) is 2.88. The first kappa shape index (κ1) is 16.0. The summed E-state index contributed by atoms with van der Waals surface area (Å²) in [6.07, 6.45) is 4.89. The predicted molar refractivity (Wildman–Crippen MR) is 83.1 cm³/mol. The van der Waals surface area contributed by atoms with Gasteiger partial charge in [0.15, 0.2) is 10.2 Å². The van der Waals surface area contributed by atoms with Crippen LogP contribution in [-0.2, 0) is 4.74 Å². The fourth-order valence-corrected chi connectivity index (χ4v) is 2.81.